The standard InChI is InChI=1S/C26H36N2O4/c1-3-4-8-19-15-25(30)32-23-14-18(2)13-22(26(19)23)31-17-24(29)27-16-20-9-7-12-28-11-6-5-10-21(20)28/h13-15,20-21H,3-12,16-17H2,1-2H3,(H,27,29)/t20-,21+/m0/s1. The van der Waals surface area contributed by atoms with Crippen LogP contribution in [0.3, 0.4) is 0 Å². The molecule has 0 radical (unpaired) electrons. The number of carbonyl (C=O) groups is 1. The number of nitrogens with zero attached hydrogens (tertiary/aromatic N) is 1. The van der Waals surface area contributed by atoms with E-state index in [9.17, 15) is 9.59 Å². The molecule has 3 heterocycles. The highest BCUT2D eigenvalue weighted by atomic mass is 16.5. The fourth-order valence-electron chi connectivity index (χ4n) is 5.40. The lowest BCUT2D eigenvalue weighted by Crippen LogP contribution is -2.51. The maximum atomic E-state index is 12.6. The van der Waals surface area contributed by atoms with Crippen molar-refractivity contribution < 1.29 is 13.9 Å². The molecular formula is C26H36N2O4. The average Bonchev–Trinajstić information content (AvgIpc) is 2.79. The van der Waals surface area contributed by atoms with Crippen molar-refractivity contribution >= 4 is 16.9 Å². The molecule has 6 nitrogen and oxygen atoms in total. The highest BCUT2D eigenvalue weighted by Gasteiger charge is 2.32. The molecule has 1 aromatic carbocycles. The lowest BCUT2D eigenvalue weighted by Gasteiger charge is -2.44. The number of unbranched alkanes of at least 4 members (excludes halogenated alkanes) is 1. The van der Waals surface area contributed by atoms with Crippen LogP contribution in [0.4, 0.5) is 0 Å². The summed E-state index contributed by atoms with van der Waals surface area (Å²) in [5.41, 5.74) is 2.04. The highest BCUT2D eigenvalue weighted by molar-refractivity contribution is 5.88. The van der Waals surface area contributed by atoms with Crippen LogP contribution in [0, 0.1) is 12.8 Å². The van der Waals surface area contributed by atoms with Crippen molar-refractivity contribution in [2.75, 3.05) is 26.2 Å². The van der Waals surface area contributed by atoms with Crippen LogP contribution >= 0.6 is 0 Å². The van der Waals surface area contributed by atoms with Crippen LogP contribution in [-0.4, -0.2) is 43.1 Å². The summed E-state index contributed by atoms with van der Waals surface area (Å²) in [6, 6.07) is 5.95. The monoisotopic (exact) mass is 440 g/mol. The Labute approximate surface area is 190 Å². The SMILES string of the molecule is CCCCc1cc(=O)oc2cc(C)cc(OCC(=O)NC[C@@H]3CCCN4CCCC[C@H]34)c12. The number of fused-ring (bicyclic) bond motifs is 2. The number of nitrogens with one attached hydrogen (secondary N) is 1. The van der Waals surface area contributed by atoms with Crippen molar-refractivity contribution in [3.05, 3.63) is 39.7 Å². The first-order valence-corrected chi connectivity index (χ1v) is 12.3. The van der Waals surface area contributed by atoms with Crippen molar-refractivity contribution in [1.82, 2.24) is 10.2 Å². The number of hydrogen-bond acceptors (Lipinski definition) is 5. The number of benzene rings is 1. The van der Waals surface area contributed by atoms with Crippen LogP contribution in [0.2, 0.25) is 0 Å². The minimum absolute atomic E-state index is 0.0357. The van der Waals surface area contributed by atoms with Gasteiger partial charge in [-0.05, 0) is 87.7 Å². The van der Waals surface area contributed by atoms with Gasteiger partial charge in [0.2, 0.25) is 0 Å². The number of carbonyl (C=O) groups excluding carboxylic acids is 1. The molecule has 0 bridgehead atoms. The van der Waals surface area contributed by atoms with E-state index in [2.05, 4.69) is 17.1 Å². The molecule has 2 aromatic rings. The third kappa shape index (κ3) is 5.34. The molecule has 0 spiro atoms. The zero-order valence-corrected chi connectivity index (χ0v) is 19.5. The van der Waals surface area contributed by atoms with Gasteiger partial charge >= 0.3 is 5.63 Å². The Morgan fingerprint density at radius 1 is 1.19 bits per heavy atom. The van der Waals surface area contributed by atoms with Crippen molar-refractivity contribution in [3.8, 4) is 5.75 Å². The molecule has 174 valence electrons. The quantitative estimate of drug-likeness (QED) is 0.623. The van der Waals surface area contributed by atoms with Crippen molar-refractivity contribution in [3.63, 3.8) is 0 Å². The maximum absolute atomic E-state index is 12.6. The van der Waals surface area contributed by atoms with E-state index in [1.807, 2.05) is 19.1 Å². The molecular weight excluding hydrogens is 404 g/mol. The van der Waals surface area contributed by atoms with E-state index in [4.69, 9.17) is 9.15 Å². The smallest absolute Gasteiger partial charge is 0.336 e. The van der Waals surface area contributed by atoms with Gasteiger partial charge in [0.1, 0.15) is 11.3 Å². The van der Waals surface area contributed by atoms with Crippen molar-refractivity contribution in [1.29, 1.82) is 0 Å². The molecule has 4 rings (SSSR count). The first kappa shape index (κ1) is 22.8. The number of aryl methyl sites for hydroxylation is 2. The van der Waals surface area contributed by atoms with E-state index in [1.54, 1.807) is 6.07 Å². The molecule has 2 aliphatic heterocycles. The predicted octanol–water partition coefficient (Wildman–Crippen LogP) is 4.20. The van der Waals surface area contributed by atoms with Gasteiger partial charge in [0.25, 0.3) is 5.91 Å². The second-order valence-corrected chi connectivity index (χ2v) is 9.42. The van der Waals surface area contributed by atoms with Gasteiger partial charge in [-0.3, -0.25) is 4.79 Å². The van der Waals surface area contributed by atoms with E-state index < -0.39 is 0 Å². The number of amides is 1. The first-order valence-electron chi connectivity index (χ1n) is 12.3. The lowest BCUT2D eigenvalue weighted by atomic mass is 9.83. The molecule has 0 aliphatic carbocycles. The van der Waals surface area contributed by atoms with Gasteiger partial charge in [-0.25, -0.2) is 4.79 Å². The molecule has 32 heavy (non-hydrogen) atoms. The van der Waals surface area contributed by atoms with Crippen LogP contribution in [0.25, 0.3) is 11.0 Å². The summed E-state index contributed by atoms with van der Waals surface area (Å²) in [6.45, 7) is 7.15. The number of rotatable bonds is 8. The average molecular weight is 441 g/mol. The number of ether oxygens (including phenoxy) is 1. The van der Waals surface area contributed by atoms with Gasteiger partial charge in [0.15, 0.2) is 6.61 Å². The van der Waals surface area contributed by atoms with Gasteiger partial charge in [-0.2, -0.15) is 0 Å². The summed E-state index contributed by atoms with van der Waals surface area (Å²) in [4.78, 5) is 27.3. The van der Waals surface area contributed by atoms with Crippen molar-refractivity contribution in [2.24, 2.45) is 5.92 Å². The molecule has 2 atom stereocenters. The van der Waals surface area contributed by atoms with Crippen LogP contribution in [0.1, 0.15) is 63.0 Å². The Morgan fingerprint density at radius 3 is 2.88 bits per heavy atom. The maximum Gasteiger partial charge on any atom is 0.336 e. The van der Waals surface area contributed by atoms with Crippen LogP contribution in [-0.2, 0) is 11.2 Å². The second kappa shape index (κ2) is 10.5. The summed E-state index contributed by atoms with van der Waals surface area (Å²) in [5.74, 6) is 1.05. The molecule has 1 N–H and O–H groups in total. The Bertz CT molecular complexity index is 997. The molecule has 0 unspecified atom stereocenters. The van der Waals surface area contributed by atoms with Crippen LogP contribution in [0.5, 0.6) is 5.75 Å². The molecule has 2 fully saturated rings. The highest BCUT2D eigenvalue weighted by Crippen LogP contribution is 2.32. The molecule has 1 amide bonds. The fourth-order valence-corrected chi connectivity index (χ4v) is 5.40. The zero-order valence-electron chi connectivity index (χ0n) is 19.5. The molecule has 2 aliphatic rings. The Hall–Kier alpha value is -2.34. The summed E-state index contributed by atoms with van der Waals surface area (Å²) < 4.78 is 11.4. The Balaban J connectivity index is 1.42. The first-order chi connectivity index (χ1) is 15.5. The van der Waals surface area contributed by atoms with Crippen molar-refractivity contribution in [2.45, 2.75) is 71.3 Å². The largest absolute Gasteiger partial charge is 0.483 e. The number of piperidine rings is 2. The summed E-state index contributed by atoms with van der Waals surface area (Å²) in [5, 5.41) is 3.92. The zero-order chi connectivity index (χ0) is 22.5. The minimum Gasteiger partial charge on any atom is -0.483 e. The fraction of sp³-hybridized carbons (Fsp3) is 0.615. The van der Waals surface area contributed by atoms with Gasteiger partial charge in [-0.15, -0.1) is 0 Å². The summed E-state index contributed by atoms with van der Waals surface area (Å²) in [6.07, 6.45) is 9.04. The Morgan fingerprint density at radius 2 is 2.03 bits per heavy atom. The van der Waals surface area contributed by atoms with Gasteiger partial charge in [0.05, 0.1) is 5.39 Å². The predicted molar refractivity (Wildman–Crippen MR) is 126 cm³/mol. The van der Waals surface area contributed by atoms with E-state index in [0.29, 0.717) is 29.8 Å². The van der Waals surface area contributed by atoms with Gasteiger partial charge in [0, 0.05) is 18.7 Å². The normalized spacial score (nSPS) is 21.3. The Kier molecular flexibility index (Phi) is 7.51. The third-order valence-corrected chi connectivity index (χ3v) is 6.98. The molecule has 2 saturated heterocycles. The lowest BCUT2D eigenvalue weighted by molar-refractivity contribution is -0.123. The van der Waals surface area contributed by atoms with E-state index in [0.717, 1.165) is 35.8 Å². The molecule has 1 aromatic heterocycles. The van der Waals surface area contributed by atoms with Gasteiger partial charge < -0.3 is 19.4 Å². The summed E-state index contributed by atoms with van der Waals surface area (Å²) in [7, 11) is 0. The molecule has 6 heteroatoms. The van der Waals surface area contributed by atoms with E-state index in [-0.39, 0.29) is 18.1 Å². The van der Waals surface area contributed by atoms with Gasteiger partial charge in [-0.1, -0.05) is 19.8 Å². The molecule has 0 saturated carbocycles. The van der Waals surface area contributed by atoms with E-state index >= 15 is 0 Å². The topological polar surface area (TPSA) is 71.8 Å². The number of hydrogen-bond donors (Lipinski definition) is 1. The van der Waals surface area contributed by atoms with E-state index in [1.165, 1.54) is 45.2 Å². The van der Waals surface area contributed by atoms with Crippen LogP contribution in [0.15, 0.2) is 27.4 Å². The second-order valence-electron chi connectivity index (χ2n) is 9.42. The minimum atomic E-state index is -0.345. The van der Waals surface area contributed by atoms with Crippen LogP contribution < -0.4 is 15.7 Å². The third-order valence-electron chi connectivity index (χ3n) is 6.98. The summed E-state index contributed by atoms with van der Waals surface area (Å²) >= 11 is 0.